The van der Waals surface area contributed by atoms with Gasteiger partial charge >= 0.3 is 5.97 Å². The number of ether oxygens (including phenoxy) is 1. The van der Waals surface area contributed by atoms with E-state index in [1.807, 2.05) is 37.3 Å². The molecule has 1 aliphatic heterocycles. The van der Waals surface area contributed by atoms with Gasteiger partial charge in [-0.1, -0.05) is 42.5 Å². The zero-order chi connectivity index (χ0) is 17.8. The van der Waals surface area contributed by atoms with E-state index in [2.05, 4.69) is 0 Å². The maximum Gasteiger partial charge on any atom is 0.316 e. The summed E-state index contributed by atoms with van der Waals surface area (Å²) in [5.74, 6) is -0.852. The molecule has 25 heavy (non-hydrogen) atoms. The molecule has 0 radical (unpaired) electrons. The summed E-state index contributed by atoms with van der Waals surface area (Å²) in [5, 5.41) is 0. The van der Waals surface area contributed by atoms with Crippen molar-refractivity contribution in [3.05, 3.63) is 65.7 Å². The second-order valence-corrected chi connectivity index (χ2v) is 6.11. The molecule has 2 atom stereocenters. The van der Waals surface area contributed by atoms with Crippen molar-refractivity contribution >= 4 is 18.2 Å². The van der Waals surface area contributed by atoms with Crippen LogP contribution in [0.1, 0.15) is 35.3 Å². The highest BCUT2D eigenvalue weighted by atomic mass is 16.5. The number of hydrogen-bond acceptors (Lipinski definition) is 4. The molecule has 0 aromatic heterocycles. The number of likely N-dealkylation sites (tertiary alicyclic amines) is 1. The van der Waals surface area contributed by atoms with Crippen LogP contribution in [0.25, 0.3) is 0 Å². The second-order valence-electron chi connectivity index (χ2n) is 6.11. The largest absolute Gasteiger partial charge is 0.425 e. The van der Waals surface area contributed by atoms with Gasteiger partial charge < -0.3 is 9.64 Å². The molecule has 2 aromatic carbocycles. The molecule has 128 valence electrons. The fraction of sp³-hybridized carbons (Fsp3) is 0.250. The fourth-order valence-corrected chi connectivity index (χ4v) is 3.04. The summed E-state index contributed by atoms with van der Waals surface area (Å²) >= 11 is 0. The normalized spacial score (nSPS) is 18.0. The van der Waals surface area contributed by atoms with Crippen LogP contribution in [0, 0.1) is 5.92 Å². The minimum atomic E-state index is -0.529. The number of nitrogens with zero attached hydrogens (tertiary/aromatic N) is 1. The smallest absolute Gasteiger partial charge is 0.316 e. The van der Waals surface area contributed by atoms with Crippen LogP contribution >= 0.6 is 0 Å². The van der Waals surface area contributed by atoms with Crippen molar-refractivity contribution in [3.63, 3.8) is 0 Å². The predicted molar refractivity (Wildman–Crippen MR) is 92.1 cm³/mol. The second kappa shape index (κ2) is 7.30. The van der Waals surface area contributed by atoms with Crippen molar-refractivity contribution in [2.45, 2.75) is 19.4 Å². The summed E-state index contributed by atoms with van der Waals surface area (Å²) < 4.78 is 5.35. The number of amides is 1. The molecule has 0 aliphatic carbocycles. The Morgan fingerprint density at radius 3 is 2.56 bits per heavy atom. The van der Waals surface area contributed by atoms with Crippen molar-refractivity contribution in [1.82, 2.24) is 4.90 Å². The number of carbonyl (C=O) groups is 3. The quantitative estimate of drug-likeness (QED) is 0.478. The van der Waals surface area contributed by atoms with Crippen LogP contribution in [0.5, 0.6) is 5.75 Å². The Hall–Kier alpha value is -2.95. The minimum Gasteiger partial charge on any atom is -0.425 e. The first-order chi connectivity index (χ1) is 12.1. The van der Waals surface area contributed by atoms with Gasteiger partial charge in [0.15, 0.2) is 6.29 Å². The van der Waals surface area contributed by atoms with E-state index in [0.29, 0.717) is 18.4 Å². The van der Waals surface area contributed by atoms with Crippen LogP contribution < -0.4 is 4.74 Å². The Bertz CT molecular complexity index is 787. The number of carbonyl (C=O) groups excluding carboxylic acids is 3. The molecule has 3 rings (SSSR count). The van der Waals surface area contributed by atoms with Gasteiger partial charge in [-0.3, -0.25) is 14.4 Å². The summed E-state index contributed by atoms with van der Waals surface area (Å²) in [5.41, 5.74) is 1.34. The van der Waals surface area contributed by atoms with Gasteiger partial charge in [-0.05, 0) is 24.6 Å². The molecule has 0 unspecified atom stereocenters. The first kappa shape index (κ1) is 16.9. The van der Waals surface area contributed by atoms with Crippen LogP contribution in [-0.4, -0.2) is 29.6 Å². The molecule has 1 heterocycles. The molecule has 1 aliphatic rings. The van der Waals surface area contributed by atoms with Gasteiger partial charge in [0.25, 0.3) is 0 Å². The number of hydrogen-bond donors (Lipinski definition) is 0. The molecule has 2 aromatic rings. The standard InChI is InChI=1S/C20H19NO4/c1-14(15-7-3-2-4-8-15)21-12-17(11-19(21)23)20(24)25-18-10-6-5-9-16(18)13-22/h2-10,13-14,17H,11-12H2,1H3/t14-,17+/m0/s1. The number of aldehydes is 1. The first-order valence-electron chi connectivity index (χ1n) is 8.20. The average molecular weight is 337 g/mol. The lowest BCUT2D eigenvalue weighted by Gasteiger charge is -2.25. The fourth-order valence-electron chi connectivity index (χ4n) is 3.04. The molecule has 0 saturated carbocycles. The number of rotatable bonds is 5. The van der Waals surface area contributed by atoms with E-state index in [1.165, 1.54) is 0 Å². The maximum absolute atomic E-state index is 12.4. The van der Waals surface area contributed by atoms with Crippen LogP contribution in [0.3, 0.4) is 0 Å². The van der Waals surface area contributed by atoms with Crippen molar-refractivity contribution in [3.8, 4) is 5.75 Å². The van der Waals surface area contributed by atoms with E-state index in [4.69, 9.17) is 4.74 Å². The Kier molecular flexibility index (Phi) is 4.93. The molecule has 0 spiro atoms. The molecule has 1 saturated heterocycles. The monoisotopic (exact) mass is 337 g/mol. The van der Waals surface area contributed by atoms with Crippen molar-refractivity contribution in [1.29, 1.82) is 0 Å². The van der Waals surface area contributed by atoms with E-state index in [9.17, 15) is 14.4 Å². The summed E-state index contributed by atoms with van der Waals surface area (Å²) in [6, 6.07) is 16.1. The highest BCUT2D eigenvalue weighted by Crippen LogP contribution is 2.29. The van der Waals surface area contributed by atoms with Gasteiger partial charge in [-0.15, -0.1) is 0 Å². The molecular weight excluding hydrogens is 318 g/mol. The Morgan fingerprint density at radius 1 is 1.16 bits per heavy atom. The molecule has 0 bridgehead atoms. The molecule has 0 N–H and O–H groups in total. The van der Waals surface area contributed by atoms with Gasteiger partial charge in [-0.2, -0.15) is 0 Å². The zero-order valence-corrected chi connectivity index (χ0v) is 13.9. The Morgan fingerprint density at radius 2 is 1.84 bits per heavy atom. The number of para-hydroxylation sites is 1. The first-order valence-corrected chi connectivity index (χ1v) is 8.20. The third-order valence-electron chi connectivity index (χ3n) is 4.50. The van der Waals surface area contributed by atoms with Gasteiger partial charge in [0.05, 0.1) is 17.5 Å². The predicted octanol–water partition coefficient (Wildman–Crippen LogP) is 3.01. The van der Waals surface area contributed by atoms with Crippen molar-refractivity contribution in [2.24, 2.45) is 5.92 Å². The maximum atomic E-state index is 12.4. The van der Waals surface area contributed by atoms with E-state index < -0.39 is 11.9 Å². The number of benzene rings is 2. The van der Waals surface area contributed by atoms with Crippen molar-refractivity contribution in [2.75, 3.05) is 6.54 Å². The van der Waals surface area contributed by atoms with E-state index >= 15 is 0 Å². The zero-order valence-electron chi connectivity index (χ0n) is 13.9. The van der Waals surface area contributed by atoms with Crippen LogP contribution in [0.2, 0.25) is 0 Å². The van der Waals surface area contributed by atoms with Gasteiger partial charge in [0.1, 0.15) is 5.75 Å². The van der Waals surface area contributed by atoms with Gasteiger partial charge in [0, 0.05) is 13.0 Å². The van der Waals surface area contributed by atoms with E-state index in [0.717, 1.165) is 5.56 Å². The van der Waals surface area contributed by atoms with Crippen molar-refractivity contribution < 1.29 is 19.1 Å². The minimum absolute atomic E-state index is 0.0676. The lowest BCUT2D eigenvalue weighted by molar-refractivity contribution is -0.139. The molecule has 5 heteroatoms. The summed E-state index contributed by atoms with van der Waals surface area (Å²) in [4.78, 5) is 37.5. The average Bonchev–Trinajstić information content (AvgIpc) is 3.04. The van der Waals surface area contributed by atoms with E-state index in [1.54, 1.807) is 29.2 Å². The Labute approximate surface area is 146 Å². The van der Waals surface area contributed by atoms with Crippen LogP contribution in [0.4, 0.5) is 0 Å². The lowest BCUT2D eigenvalue weighted by atomic mass is 10.1. The topological polar surface area (TPSA) is 63.7 Å². The molecule has 1 amide bonds. The lowest BCUT2D eigenvalue weighted by Crippen LogP contribution is -2.30. The van der Waals surface area contributed by atoms with Gasteiger partial charge in [-0.25, -0.2) is 0 Å². The third-order valence-corrected chi connectivity index (χ3v) is 4.50. The summed E-state index contributed by atoms with van der Waals surface area (Å²) in [6.07, 6.45) is 0.769. The summed E-state index contributed by atoms with van der Waals surface area (Å²) in [6.45, 7) is 2.26. The van der Waals surface area contributed by atoms with Gasteiger partial charge in [0.2, 0.25) is 5.91 Å². The molecular formula is C20H19NO4. The van der Waals surface area contributed by atoms with Crippen LogP contribution in [0.15, 0.2) is 54.6 Å². The van der Waals surface area contributed by atoms with Crippen LogP contribution in [-0.2, 0) is 9.59 Å². The molecule has 1 fully saturated rings. The summed E-state index contributed by atoms with van der Waals surface area (Å²) in [7, 11) is 0. The number of esters is 1. The molecule has 5 nitrogen and oxygen atoms in total. The third kappa shape index (κ3) is 3.60. The SMILES string of the molecule is C[C@@H](c1ccccc1)N1C[C@H](C(=O)Oc2ccccc2C=O)CC1=O. The highest BCUT2D eigenvalue weighted by molar-refractivity contribution is 5.89. The highest BCUT2D eigenvalue weighted by Gasteiger charge is 2.38. The Balaban J connectivity index is 1.69. The van der Waals surface area contributed by atoms with E-state index in [-0.39, 0.29) is 24.1 Å².